The Morgan fingerprint density at radius 1 is 1.30 bits per heavy atom. The van der Waals surface area contributed by atoms with E-state index in [1.165, 1.54) is 11.3 Å². The molecule has 1 aromatic carbocycles. The second kappa shape index (κ2) is 6.39. The minimum Gasteiger partial charge on any atom is -0.494 e. The predicted molar refractivity (Wildman–Crippen MR) is 90.1 cm³/mol. The summed E-state index contributed by atoms with van der Waals surface area (Å²) in [5, 5.41) is 14.9. The first-order valence-electron chi connectivity index (χ1n) is 7.62. The molecule has 2 heterocycles. The van der Waals surface area contributed by atoms with Gasteiger partial charge in [-0.1, -0.05) is 37.3 Å². The van der Waals surface area contributed by atoms with E-state index in [1.807, 2.05) is 45.0 Å². The molecule has 118 valence electrons. The third kappa shape index (κ3) is 3.06. The molecule has 5 nitrogen and oxygen atoms in total. The zero-order valence-electron chi connectivity index (χ0n) is 13.4. The van der Waals surface area contributed by atoms with Crippen LogP contribution in [0, 0.1) is 11.3 Å². The maximum atomic E-state index is 9.37. The van der Waals surface area contributed by atoms with Gasteiger partial charge in [-0.3, -0.25) is 0 Å². The predicted octanol–water partition coefficient (Wildman–Crippen LogP) is 3.78. The van der Waals surface area contributed by atoms with E-state index in [-0.39, 0.29) is 5.92 Å². The van der Waals surface area contributed by atoms with Crippen LogP contribution in [-0.4, -0.2) is 21.2 Å². The number of imidazole rings is 1. The van der Waals surface area contributed by atoms with Gasteiger partial charge in [-0.05, 0) is 30.5 Å². The van der Waals surface area contributed by atoms with Crippen LogP contribution in [-0.2, 0) is 6.42 Å². The second-order valence-corrected chi connectivity index (χ2v) is 6.60. The van der Waals surface area contributed by atoms with Crippen LogP contribution in [0.3, 0.4) is 0 Å². The first-order valence-corrected chi connectivity index (χ1v) is 8.44. The van der Waals surface area contributed by atoms with E-state index in [9.17, 15) is 5.26 Å². The van der Waals surface area contributed by atoms with Crippen LogP contribution >= 0.6 is 11.3 Å². The highest BCUT2D eigenvalue weighted by Crippen LogP contribution is 2.25. The van der Waals surface area contributed by atoms with Crippen molar-refractivity contribution in [2.75, 3.05) is 6.61 Å². The van der Waals surface area contributed by atoms with Crippen molar-refractivity contribution in [3.05, 3.63) is 46.2 Å². The Balaban J connectivity index is 1.86. The van der Waals surface area contributed by atoms with Gasteiger partial charge >= 0.3 is 0 Å². The van der Waals surface area contributed by atoms with Crippen LogP contribution in [0.15, 0.2) is 24.3 Å². The lowest BCUT2D eigenvalue weighted by Gasteiger charge is -2.03. The third-order valence-electron chi connectivity index (χ3n) is 3.51. The number of rotatable bonds is 5. The van der Waals surface area contributed by atoms with Crippen molar-refractivity contribution in [3.8, 4) is 11.8 Å². The first kappa shape index (κ1) is 15.5. The van der Waals surface area contributed by atoms with E-state index in [4.69, 9.17) is 4.74 Å². The normalized spacial score (nSPS) is 11.1. The number of nitriles is 1. The Morgan fingerprint density at radius 3 is 2.65 bits per heavy atom. The molecule has 0 N–H and O–H groups in total. The summed E-state index contributed by atoms with van der Waals surface area (Å²) in [6, 6.07) is 10.2. The first-order chi connectivity index (χ1) is 11.1. The molecule has 0 aliphatic carbocycles. The Hall–Kier alpha value is -2.39. The highest BCUT2D eigenvalue weighted by Gasteiger charge is 2.18. The van der Waals surface area contributed by atoms with Crippen molar-refractivity contribution >= 4 is 16.3 Å². The standard InChI is InChI=1S/C17H18N4OS/c1-4-22-13-7-5-12(6-8-13)9-15-20-21-14(10-18)16(11(2)3)19-17(21)23-15/h5-8,11H,4,9H2,1-3H3. The average Bonchev–Trinajstić information content (AvgIpc) is 3.06. The Bertz CT molecular complexity index is 855. The van der Waals surface area contributed by atoms with Gasteiger partial charge in [-0.2, -0.15) is 14.9 Å². The highest BCUT2D eigenvalue weighted by atomic mass is 32.1. The van der Waals surface area contributed by atoms with Crippen LogP contribution in [0.5, 0.6) is 5.75 Å². The summed E-state index contributed by atoms with van der Waals surface area (Å²) in [5.41, 5.74) is 2.52. The monoisotopic (exact) mass is 326 g/mol. The fourth-order valence-corrected chi connectivity index (χ4v) is 3.36. The summed E-state index contributed by atoms with van der Waals surface area (Å²) in [5.74, 6) is 1.09. The van der Waals surface area contributed by atoms with Crippen molar-refractivity contribution in [1.82, 2.24) is 14.6 Å². The van der Waals surface area contributed by atoms with E-state index in [0.717, 1.165) is 33.4 Å². The number of ether oxygens (including phenoxy) is 1. The van der Waals surface area contributed by atoms with Crippen molar-refractivity contribution < 1.29 is 4.74 Å². The van der Waals surface area contributed by atoms with Crippen LogP contribution in [0.1, 0.15) is 48.6 Å². The van der Waals surface area contributed by atoms with Crippen molar-refractivity contribution in [2.24, 2.45) is 0 Å². The lowest BCUT2D eigenvalue weighted by molar-refractivity contribution is 0.340. The van der Waals surface area contributed by atoms with Crippen LogP contribution in [0.4, 0.5) is 0 Å². The summed E-state index contributed by atoms with van der Waals surface area (Å²) in [6.07, 6.45) is 0.725. The minimum absolute atomic E-state index is 0.216. The zero-order valence-corrected chi connectivity index (χ0v) is 14.2. The molecule has 3 aromatic rings. The van der Waals surface area contributed by atoms with E-state index in [1.54, 1.807) is 4.52 Å². The molecular weight excluding hydrogens is 308 g/mol. The molecule has 0 aliphatic heterocycles. The van der Waals surface area contributed by atoms with E-state index in [0.29, 0.717) is 12.3 Å². The summed E-state index contributed by atoms with van der Waals surface area (Å²) < 4.78 is 7.12. The molecule has 0 amide bonds. The molecule has 0 atom stereocenters. The molecule has 0 aliphatic rings. The van der Waals surface area contributed by atoms with Crippen LogP contribution < -0.4 is 4.74 Å². The third-order valence-corrected chi connectivity index (χ3v) is 4.42. The van der Waals surface area contributed by atoms with Gasteiger partial charge in [0, 0.05) is 6.42 Å². The smallest absolute Gasteiger partial charge is 0.213 e. The number of benzene rings is 1. The molecular formula is C17H18N4OS. The molecule has 0 bridgehead atoms. The molecule has 3 rings (SSSR count). The summed E-state index contributed by atoms with van der Waals surface area (Å²) in [4.78, 5) is 5.34. The lowest BCUT2D eigenvalue weighted by atomic mass is 10.1. The van der Waals surface area contributed by atoms with E-state index >= 15 is 0 Å². The topological polar surface area (TPSA) is 63.2 Å². The number of hydrogen-bond acceptors (Lipinski definition) is 5. The van der Waals surface area contributed by atoms with Crippen LogP contribution in [0.2, 0.25) is 0 Å². The maximum absolute atomic E-state index is 9.37. The number of aromatic nitrogens is 3. The number of fused-ring (bicyclic) bond motifs is 1. The van der Waals surface area contributed by atoms with Gasteiger partial charge in [0.2, 0.25) is 4.96 Å². The molecule has 0 spiro atoms. The zero-order chi connectivity index (χ0) is 16.4. The molecule has 0 radical (unpaired) electrons. The van der Waals surface area contributed by atoms with Gasteiger partial charge in [0.15, 0.2) is 5.69 Å². The average molecular weight is 326 g/mol. The maximum Gasteiger partial charge on any atom is 0.213 e. The minimum atomic E-state index is 0.216. The van der Waals surface area contributed by atoms with E-state index < -0.39 is 0 Å². The van der Waals surface area contributed by atoms with Gasteiger partial charge < -0.3 is 4.74 Å². The lowest BCUT2D eigenvalue weighted by Crippen LogP contribution is -1.97. The van der Waals surface area contributed by atoms with E-state index in [2.05, 4.69) is 16.2 Å². The molecule has 0 saturated heterocycles. The second-order valence-electron chi connectivity index (χ2n) is 5.56. The summed E-state index contributed by atoms with van der Waals surface area (Å²) >= 11 is 1.53. The molecule has 0 saturated carbocycles. The molecule has 0 fully saturated rings. The number of nitrogens with zero attached hydrogens (tertiary/aromatic N) is 4. The quantitative estimate of drug-likeness (QED) is 0.716. The van der Waals surface area contributed by atoms with Crippen molar-refractivity contribution in [3.63, 3.8) is 0 Å². The van der Waals surface area contributed by atoms with Gasteiger partial charge in [0.25, 0.3) is 0 Å². The van der Waals surface area contributed by atoms with Gasteiger partial charge in [-0.15, -0.1) is 0 Å². The Morgan fingerprint density at radius 2 is 2.04 bits per heavy atom. The highest BCUT2D eigenvalue weighted by molar-refractivity contribution is 7.16. The molecule has 23 heavy (non-hydrogen) atoms. The molecule has 6 heteroatoms. The van der Waals surface area contributed by atoms with Crippen molar-refractivity contribution in [1.29, 1.82) is 5.26 Å². The van der Waals surface area contributed by atoms with Gasteiger partial charge in [0.05, 0.1) is 12.3 Å². The largest absolute Gasteiger partial charge is 0.494 e. The van der Waals surface area contributed by atoms with Gasteiger partial charge in [-0.25, -0.2) is 4.98 Å². The molecule has 0 unspecified atom stereocenters. The Kier molecular flexibility index (Phi) is 4.30. The summed E-state index contributed by atoms with van der Waals surface area (Å²) in [6.45, 7) is 6.71. The van der Waals surface area contributed by atoms with Gasteiger partial charge in [0.1, 0.15) is 16.8 Å². The fraction of sp³-hybridized carbons (Fsp3) is 0.353. The fourth-order valence-electron chi connectivity index (χ4n) is 2.43. The Labute approximate surface area is 139 Å². The SMILES string of the molecule is CCOc1ccc(Cc2nn3c(C#N)c(C(C)C)nc3s2)cc1. The molecule has 2 aromatic heterocycles. The summed E-state index contributed by atoms with van der Waals surface area (Å²) in [7, 11) is 0. The number of hydrogen-bond donors (Lipinski definition) is 0. The van der Waals surface area contributed by atoms with Crippen molar-refractivity contribution in [2.45, 2.75) is 33.1 Å². The van der Waals surface area contributed by atoms with Crippen LogP contribution in [0.25, 0.3) is 4.96 Å².